The molecule has 7 heteroatoms. The van der Waals surface area contributed by atoms with Gasteiger partial charge in [-0.05, 0) is 30.7 Å². The molecule has 0 fully saturated rings. The van der Waals surface area contributed by atoms with Crippen LogP contribution in [-0.2, 0) is 13.0 Å². The fourth-order valence-corrected chi connectivity index (χ4v) is 3.21. The lowest BCUT2D eigenvalue weighted by atomic mass is 10.2. The molecule has 0 unspecified atom stereocenters. The summed E-state index contributed by atoms with van der Waals surface area (Å²) in [5.41, 5.74) is 0.813. The standard InChI is InChI=1S/C13H12BrClN2O2S/c14-10-2-1-9(12(7-10)17(18)19)8-16-6-5-11-3-4-13(15)20-11/h1-4,7,16H,5-6,8H2. The van der Waals surface area contributed by atoms with Crippen molar-refractivity contribution in [2.24, 2.45) is 0 Å². The highest BCUT2D eigenvalue weighted by molar-refractivity contribution is 9.10. The van der Waals surface area contributed by atoms with Gasteiger partial charge in [-0.25, -0.2) is 0 Å². The summed E-state index contributed by atoms with van der Waals surface area (Å²) >= 11 is 10.7. The van der Waals surface area contributed by atoms with Crippen LogP contribution in [0.25, 0.3) is 0 Å². The third-order valence-corrected chi connectivity index (χ3v) is 4.52. The molecule has 0 aliphatic carbocycles. The van der Waals surface area contributed by atoms with Crippen LogP contribution in [0.5, 0.6) is 0 Å². The van der Waals surface area contributed by atoms with Crippen LogP contribution in [0.15, 0.2) is 34.8 Å². The Kier molecular flexibility index (Phi) is 5.54. The van der Waals surface area contributed by atoms with Crippen molar-refractivity contribution in [2.45, 2.75) is 13.0 Å². The first-order valence-electron chi connectivity index (χ1n) is 5.94. The maximum absolute atomic E-state index is 11.0. The molecule has 0 saturated carbocycles. The highest BCUT2D eigenvalue weighted by atomic mass is 79.9. The Morgan fingerprint density at radius 1 is 1.35 bits per heavy atom. The average molecular weight is 376 g/mol. The van der Waals surface area contributed by atoms with Crippen molar-refractivity contribution in [1.82, 2.24) is 5.32 Å². The lowest BCUT2D eigenvalue weighted by Gasteiger charge is -2.05. The number of benzene rings is 1. The summed E-state index contributed by atoms with van der Waals surface area (Å²) in [7, 11) is 0. The monoisotopic (exact) mass is 374 g/mol. The van der Waals surface area contributed by atoms with Crippen LogP contribution in [0.4, 0.5) is 5.69 Å². The lowest BCUT2D eigenvalue weighted by Crippen LogP contribution is -2.17. The number of halogens is 2. The first-order valence-corrected chi connectivity index (χ1v) is 7.93. The van der Waals surface area contributed by atoms with Gasteiger partial charge in [0.15, 0.2) is 0 Å². The van der Waals surface area contributed by atoms with Crippen LogP contribution in [0.1, 0.15) is 10.4 Å². The van der Waals surface area contributed by atoms with Crippen LogP contribution in [0.3, 0.4) is 0 Å². The first kappa shape index (κ1) is 15.4. The van der Waals surface area contributed by atoms with E-state index in [4.69, 9.17) is 11.6 Å². The van der Waals surface area contributed by atoms with Gasteiger partial charge in [-0.15, -0.1) is 11.3 Å². The van der Waals surface area contributed by atoms with Gasteiger partial charge in [-0.3, -0.25) is 10.1 Å². The van der Waals surface area contributed by atoms with Crippen molar-refractivity contribution in [3.63, 3.8) is 0 Å². The third-order valence-electron chi connectivity index (χ3n) is 2.74. The molecule has 0 saturated heterocycles. The quantitative estimate of drug-likeness (QED) is 0.462. The Labute approximate surface area is 134 Å². The van der Waals surface area contributed by atoms with E-state index in [-0.39, 0.29) is 10.6 Å². The average Bonchev–Trinajstić information content (AvgIpc) is 2.81. The number of nitrogens with one attached hydrogen (secondary N) is 1. The summed E-state index contributed by atoms with van der Waals surface area (Å²) in [6.07, 6.45) is 0.863. The molecule has 0 radical (unpaired) electrons. The van der Waals surface area contributed by atoms with Crippen molar-refractivity contribution in [3.8, 4) is 0 Å². The number of nitrogens with zero attached hydrogens (tertiary/aromatic N) is 1. The molecule has 0 bridgehead atoms. The molecule has 2 aromatic rings. The van der Waals surface area contributed by atoms with E-state index in [1.54, 1.807) is 17.4 Å². The van der Waals surface area contributed by atoms with Crippen LogP contribution < -0.4 is 5.32 Å². The Morgan fingerprint density at radius 2 is 2.15 bits per heavy atom. The van der Waals surface area contributed by atoms with Crippen molar-refractivity contribution in [2.75, 3.05) is 6.54 Å². The zero-order valence-electron chi connectivity index (χ0n) is 10.4. The second-order valence-electron chi connectivity index (χ2n) is 4.16. The first-order chi connectivity index (χ1) is 9.56. The SMILES string of the molecule is O=[N+]([O-])c1cc(Br)ccc1CNCCc1ccc(Cl)s1. The van der Waals surface area contributed by atoms with Crippen molar-refractivity contribution >= 4 is 44.6 Å². The minimum Gasteiger partial charge on any atom is -0.312 e. The molecule has 0 spiro atoms. The van der Waals surface area contributed by atoms with Crippen LogP contribution in [-0.4, -0.2) is 11.5 Å². The highest BCUT2D eigenvalue weighted by Crippen LogP contribution is 2.24. The minimum absolute atomic E-state index is 0.131. The van der Waals surface area contributed by atoms with Crippen LogP contribution >= 0.6 is 38.9 Å². The summed E-state index contributed by atoms with van der Waals surface area (Å²) < 4.78 is 1.49. The molecular weight excluding hydrogens is 364 g/mol. The van der Waals surface area contributed by atoms with E-state index < -0.39 is 0 Å². The smallest absolute Gasteiger partial charge is 0.275 e. The summed E-state index contributed by atoms with van der Waals surface area (Å²) in [6.45, 7) is 1.23. The second kappa shape index (κ2) is 7.17. The molecule has 1 heterocycles. The number of rotatable bonds is 6. The number of hydrogen-bond acceptors (Lipinski definition) is 4. The number of nitro benzene ring substituents is 1. The maximum atomic E-state index is 11.0. The van der Waals surface area contributed by atoms with Crippen molar-refractivity contribution < 1.29 is 4.92 Å². The summed E-state index contributed by atoms with van der Waals surface area (Å²) in [4.78, 5) is 11.8. The molecule has 0 amide bonds. The lowest BCUT2D eigenvalue weighted by molar-refractivity contribution is -0.385. The topological polar surface area (TPSA) is 55.2 Å². The van der Waals surface area contributed by atoms with Gasteiger partial charge in [0.2, 0.25) is 0 Å². The number of nitro groups is 1. The van der Waals surface area contributed by atoms with Crippen LogP contribution in [0.2, 0.25) is 4.34 Å². The van der Waals surface area contributed by atoms with Gasteiger partial charge in [0.25, 0.3) is 5.69 Å². The zero-order chi connectivity index (χ0) is 14.5. The Bertz CT molecular complexity index is 618. The normalized spacial score (nSPS) is 10.7. The van der Waals surface area contributed by atoms with Gasteiger partial charge < -0.3 is 5.32 Å². The predicted molar refractivity (Wildman–Crippen MR) is 85.5 cm³/mol. The molecule has 0 aliphatic heterocycles. The minimum atomic E-state index is -0.360. The van der Waals surface area contributed by atoms with E-state index in [9.17, 15) is 10.1 Å². The fourth-order valence-electron chi connectivity index (χ4n) is 1.78. The Balaban J connectivity index is 1.89. The van der Waals surface area contributed by atoms with Gasteiger partial charge >= 0.3 is 0 Å². The van der Waals surface area contributed by atoms with Crippen LogP contribution in [0, 0.1) is 10.1 Å². The van der Waals surface area contributed by atoms with Crippen molar-refractivity contribution in [1.29, 1.82) is 0 Å². The third kappa shape index (κ3) is 4.28. The molecule has 2 rings (SSSR count). The summed E-state index contributed by atoms with van der Waals surface area (Å²) in [6, 6.07) is 8.97. The Morgan fingerprint density at radius 3 is 2.80 bits per heavy atom. The van der Waals surface area contributed by atoms with E-state index in [1.165, 1.54) is 10.9 Å². The second-order valence-corrected chi connectivity index (χ2v) is 6.88. The molecule has 1 aromatic carbocycles. The maximum Gasteiger partial charge on any atom is 0.275 e. The van der Waals surface area contributed by atoms with Crippen molar-refractivity contribution in [3.05, 3.63) is 59.7 Å². The summed E-state index contributed by atoms with van der Waals surface area (Å²) in [5, 5.41) is 14.2. The van der Waals surface area contributed by atoms with E-state index in [0.717, 1.165) is 17.3 Å². The van der Waals surface area contributed by atoms with Gasteiger partial charge in [-0.2, -0.15) is 0 Å². The molecule has 0 atom stereocenters. The van der Waals surface area contributed by atoms with Gasteiger partial charge in [-0.1, -0.05) is 27.5 Å². The number of thiophene rings is 1. The molecule has 1 aromatic heterocycles. The zero-order valence-corrected chi connectivity index (χ0v) is 13.6. The van der Waals surface area contributed by atoms with Gasteiger partial charge in [0.05, 0.1) is 9.26 Å². The number of hydrogen-bond donors (Lipinski definition) is 1. The molecule has 4 nitrogen and oxygen atoms in total. The van der Waals surface area contributed by atoms with Gasteiger partial charge in [0.1, 0.15) is 0 Å². The van der Waals surface area contributed by atoms with E-state index in [1.807, 2.05) is 18.2 Å². The molecule has 20 heavy (non-hydrogen) atoms. The molecular formula is C13H12BrClN2O2S. The summed E-state index contributed by atoms with van der Waals surface area (Å²) in [5.74, 6) is 0. The Hall–Kier alpha value is -0.950. The molecule has 1 N–H and O–H groups in total. The largest absolute Gasteiger partial charge is 0.312 e. The van der Waals surface area contributed by atoms with Gasteiger partial charge in [0, 0.05) is 34.1 Å². The predicted octanol–water partition coefficient (Wildman–Crippen LogP) is 4.40. The van der Waals surface area contributed by atoms with E-state index in [0.29, 0.717) is 16.6 Å². The van der Waals surface area contributed by atoms with E-state index >= 15 is 0 Å². The van der Waals surface area contributed by atoms with E-state index in [2.05, 4.69) is 21.2 Å². The fraction of sp³-hybridized carbons (Fsp3) is 0.231. The molecule has 0 aliphatic rings. The highest BCUT2D eigenvalue weighted by Gasteiger charge is 2.13. The molecule has 106 valence electrons.